The van der Waals surface area contributed by atoms with Crippen molar-refractivity contribution in [2.75, 3.05) is 18.6 Å². The van der Waals surface area contributed by atoms with E-state index in [0.717, 1.165) is 0 Å². The van der Waals surface area contributed by atoms with Gasteiger partial charge in [0.2, 0.25) is 5.91 Å². The summed E-state index contributed by atoms with van der Waals surface area (Å²) in [5.74, 6) is -2.80. The summed E-state index contributed by atoms with van der Waals surface area (Å²) in [6, 6.07) is 3.64. The lowest BCUT2D eigenvalue weighted by Crippen LogP contribution is -2.58. The van der Waals surface area contributed by atoms with Crippen LogP contribution in [0.3, 0.4) is 0 Å². The minimum atomic E-state index is -2.23. The second-order valence-electron chi connectivity index (χ2n) is 8.79. The zero-order valence-electron chi connectivity index (χ0n) is 21.1. The fraction of sp³-hybridized carbons (Fsp3) is 0.583. The highest BCUT2D eigenvalue weighted by molar-refractivity contribution is 7.98. The van der Waals surface area contributed by atoms with Crippen molar-refractivity contribution in [3.05, 3.63) is 35.9 Å². The zero-order valence-corrected chi connectivity index (χ0v) is 21.9. The molecule has 2 amide bonds. The number of carbonyl (C=O) groups excluding carboxylic acids is 3. The summed E-state index contributed by atoms with van der Waals surface area (Å²) >= 11 is 1.54. The number of ketones is 1. The molecule has 0 aliphatic carbocycles. The molecule has 0 bridgehead atoms. The molecule has 13 nitrogen and oxygen atoms in total. The first-order chi connectivity index (χ1) is 17.9. The van der Waals surface area contributed by atoms with Crippen LogP contribution in [0.4, 0.5) is 0 Å². The van der Waals surface area contributed by atoms with E-state index < -0.39 is 73.3 Å². The Morgan fingerprint density at radius 3 is 2.11 bits per heavy atom. The molecule has 0 fully saturated rings. The van der Waals surface area contributed by atoms with Gasteiger partial charge in [0, 0.05) is 6.42 Å². The van der Waals surface area contributed by atoms with Gasteiger partial charge in [0.25, 0.3) is 5.91 Å². The molecule has 0 spiro atoms. The lowest BCUT2D eigenvalue weighted by atomic mass is 9.98. The lowest BCUT2D eigenvalue weighted by molar-refractivity contribution is -0.145. The third-order valence-electron chi connectivity index (χ3n) is 5.86. The minimum absolute atomic E-state index is 0.0517. The fourth-order valence-electron chi connectivity index (χ4n) is 3.50. The van der Waals surface area contributed by atoms with Crippen molar-refractivity contribution in [3.63, 3.8) is 0 Å². The van der Waals surface area contributed by atoms with Crippen LogP contribution in [0.25, 0.3) is 0 Å². The Morgan fingerprint density at radius 1 is 0.921 bits per heavy atom. The SMILES string of the molecule is CSCC[C@H](N)C(=O)CC[C@H](N)C(=O)N[C@@H](CO)[C@@H](O)[C@@H](O)[C@H](O)C(=O)N[C@@H](CC(=O)O)c1ccccc1. The average Bonchev–Trinajstić information content (AvgIpc) is 2.91. The van der Waals surface area contributed by atoms with Crippen LogP contribution in [0.2, 0.25) is 0 Å². The number of aliphatic carboxylic acids is 1. The monoisotopic (exact) mass is 558 g/mol. The van der Waals surface area contributed by atoms with E-state index in [4.69, 9.17) is 16.6 Å². The molecule has 1 aromatic rings. The van der Waals surface area contributed by atoms with Crippen molar-refractivity contribution in [2.24, 2.45) is 11.5 Å². The molecule has 0 aliphatic heterocycles. The Kier molecular flexibility index (Phi) is 15.0. The molecule has 0 unspecified atom stereocenters. The smallest absolute Gasteiger partial charge is 0.305 e. The van der Waals surface area contributed by atoms with Crippen LogP contribution < -0.4 is 22.1 Å². The van der Waals surface area contributed by atoms with Gasteiger partial charge >= 0.3 is 5.97 Å². The largest absolute Gasteiger partial charge is 0.481 e. The van der Waals surface area contributed by atoms with E-state index in [1.165, 1.54) is 0 Å². The molecule has 1 rings (SSSR count). The normalized spacial score (nSPS) is 16.8. The van der Waals surface area contributed by atoms with E-state index >= 15 is 0 Å². The number of aliphatic hydroxyl groups is 4. The molecule has 0 radical (unpaired) electrons. The second kappa shape index (κ2) is 17.1. The van der Waals surface area contributed by atoms with Crippen molar-refractivity contribution < 1.29 is 44.7 Å². The number of aliphatic hydroxyl groups excluding tert-OH is 4. The number of nitrogens with two attached hydrogens (primary N) is 2. The van der Waals surface area contributed by atoms with Gasteiger partial charge in [-0.3, -0.25) is 19.2 Å². The number of benzene rings is 1. The van der Waals surface area contributed by atoms with Crippen LogP contribution in [0.1, 0.15) is 37.3 Å². The number of thioether (sulfide) groups is 1. The summed E-state index contributed by atoms with van der Waals surface area (Å²) in [6.07, 6.45) is -4.66. The second-order valence-corrected chi connectivity index (χ2v) is 9.78. The van der Waals surface area contributed by atoms with Gasteiger partial charge in [-0.1, -0.05) is 30.3 Å². The van der Waals surface area contributed by atoms with E-state index in [2.05, 4.69) is 10.6 Å². The predicted molar refractivity (Wildman–Crippen MR) is 140 cm³/mol. The number of carboxylic acid groups (broad SMARTS) is 1. The van der Waals surface area contributed by atoms with Gasteiger partial charge in [0.15, 0.2) is 6.10 Å². The highest BCUT2D eigenvalue weighted by Crippen LogP contribution is 2.17. The molecule has 0 saturated carbocycles. The molecule has 0 aromatic heterocycles. The van der Waals surface area contributed by atoms with E-state index in [1.807, 2.05) is 6.26 Å². The minimum Gasteiger partial charge on any atom is -0.481 e. The summed E-state index contributed by atoms with van der Waals surface area (Å²) in [5.41, 5.74) is 12.0. The van der Waals surface area contributed by atoms with Gasteiger partial charge in [0.05, 0.1) is 37.2 Å². The maximum atomic E-state index is 12.5. The number of hydrogen-bond donors (Lipinski definition) is 9. The molecule has 7 atom stereocenters. The summed E-state index contributed by atoms with van der Waals surface area (Å²) in [7, 11) is 0. The molecule has 11 N–H and O–H groups in total. The Labute approximate surface area is 225 Å². The summed E-state index contributed by atoms with van der Waals surface area (Å²) in [5, 5.41) is 54.4. The number of carboxylic acids is 1. The Hall–Kier alpha value is -2.59. The van der Waals surface area contributed by atoms with Crippen molar-refractivity contribution in [3.8, 4) is 0 Å². The number of rotatable bonds is 18. The van der Waals surface area contributed by atoms with Crippen molar-refractivity contribution in [1.29, 1.82) is 0 Å². The molecule has 0 saturated heterocycles. The summed E-state index contributed by atoms with van der Waals surface area (Å²) < 4.78 is 0. The molecule has 214 valence electrons. The van der Waals surface area contributed by atoms with E-state index in [0.29, 0.717) is 17.7 Å². The maximum Gasteiger partial charge on any atom is 0.305 e. The van der Waals surface area contributed by atoms with Gasteiger partial charge in [-0.2, -0.15) is 11.8 Å². The number of amides is 2. The third kappa shape index (κ3) is 11.0. The van der Waals surface area contributed by atoms with Crippen LogP contribution in [0, 0.1) is 0 Å². The molecule has 0 aliphatic rings. The topological polar surface area (TPSA) is 246 Å². The van der Waals surface area contributed by atoms with E-state index in [9.17, 15) is 39.6 Å². The van der Waals surface area contributed by atoms with Gasteiger partial charge < -0.3 is 47.6 Å². The van der Waals surface area contributed by atoms with Crippen LogP contribution in [-0.2, 0) is 19.2 Å². The molecule has 1 aromatic carbocycles. The predicted octanol–water partition coefficient (Wildman–Crippen LogP) is -2.36. The Balaban J connectivity index is 2.73. The first-order valence-electron chi connectivity index (χ1n) is 12.0. The van der Waals surface area contributed by atoms with Crippen molar-refractivity contribution >= 4 is 35.3 Å². The number of hydrogen-bond acceptors (Lipinski definition) is 11. The first-order valence-corrected chi connectivity index (χ1v) is 13.4. The lowest BCUT2D eigenvalue weighted by Gasteiger charge is -2.30. The van der Waals surface area contributed by atoms with Crippen LogP contribution in [-0.4, -0.2) is 104 Å². The van der Waals surface area contributed by atoms with Gasteiger partial charge in [-0.15, -0.1) is 0 Å². The quantitative estimate of drug-likeness (QED) is 0.0918. The Bertz CT molecular complexity index is 908. The summed E-state index contributed by atoms with van der Waals surface area (Å²) in [4.78, 5) is 48.2. The zero-order chi connectivity index (χ0) is 28.8. The molecule has 38 heavy (non-hydrogen) atoms. The van der Waals surface area contributed by atoms with Gasteiger partial charge in [0.1, 0.15) is 18.0 Å². The van der Waals surface area contributed by atoms with Crippen molar-refractivity contribution in [2.45, 2.75) is 68.2 Å². The van der Waals surface area contributed by atoms with E-state index in [-0.39, 0.29) is 18.6 Å². The van der Waals surface area contributed by atoms with Crippen LogP contribution >= 0.6 is 11.8 Å². The third-order valence-corrected chi connectivity index (χ3v) is 6.50. The maximum absolute atomic E-state index is 12.5. The average molecular weight is 559 g/mol. The Morgan fingerprint density at radius 2 is 1.55 bits per heavy atom. The highest BCUT2D eigenvalue weighted by Gasteiger charge is 2.37. The fourth-order valence-corrected chi connectivity index (χ4v) is 3.99. The molecule has 14 heteroatoms. The number of nitrogens with one attached hydrogen (secondary N) is 2. The first kappa shape index (κ1) is 33.4. The van der Waals surface area contributed by atoms with Crippen LogP contribution in [0.5, 0.6) is 0 Å². The van der Waals surface area contributed by atoms with E-state index in [1.54, 1.807) is 42.1 Å². The van der Waals surface area contributed by atoms with Gasteiger partial charge in [-0.25, -0.2) is 0 Å². The molecule has 0 heterocycles. The van der Waals surface area contributed by atoms with Crippen molar-refractivity contribution in [1.82, 2.24) is 10.6 Å². The molecular weight excluding hydrogens is 520 g/mol. The standard InChI is InChI=1S/C24H38N4O9S/c1-38-10-9-14(25)18(30)8-7-15(26)23(36)28-17(12-29)20(33)21(34)22(35)24(37)27-16(11-19(31)32)13-5-3-2-4-6-13/h2-6,14-17,20-22,29,33-35H,7-12,25-26H2,1H3,(H,27,37)(H,28,36)(H,31,32)/t14-,15-,16-,17-,20+,21+,22-/m0/s1. The summed E-state index contributed by atoms with van der Waals surface area (Å²) in [6.45, 7) is -0.880. The highest BCUT2D eigenvalue weighted by atomic mass is 32.2. The number of carbonyl (C=O) groups is 4. The molecular formula is C24H38N4O9S. The van der Waals surface area contributed by atoms with Crippen LogP contribution in [0.15, 0.2) is 30.3 Å². The number of Topliss-reactive ketones (excluding diaryl/α,β-unsaturated/α-hetero) is 1. The van der Waals surface area contributed by atoms with Gasteiger partial charge in [-0.05, 0) is 30.4 Å².